The lowest BCUT2D eigenvalue weighted by atomic mass is 10.2. The number of carbonyl (C=O) groups excluding carboxylic acids is 3. The van der Waals surface area contributed by atoms with Crippen molar-refractivity contribution in [1.29, 1.82) is 0 Å². The van der Waals surface area contributed by atoms with E-state index in [1.54, 1.807) is 6.08 Å². The molecule has 1 aliphatic rings. The first-order chi connectivity index (χ1) is 9.97. The highest BCUT2D eigenvalue weighted by atomic mass is 32.2. The van der Waals surface area contributed by atoms with Crippen molar-refractivity contribution in [3.8, 4) is 0 Å². The molecule has 1 N–H and O–H groups in total. The summed E-state index contributed by atoms with van der Waals surface area (Å²) in [6.07, 6.45) is 1.68. The molecule has 1 fully saturated rings. The van der Waals surface area contributed by atoms with E-state index in [9.17, 15) is 14.4 Å². The van der Waals surface area contributed by atoms with Gasteiger partial charge in [-0.25, -0.2) is 0 Å². The van der Waals surface area contributed by atoms with E-state index >= 15 is 0 Å². The third-order valence-corrected chi connectivity index (χ3v) is 4.43. The second kappa shape index (κ2) is 6.91. The largest absolute Gasteiger partial charge is 0.354 e. The van der Waals surface area contributed by atoms with Gasteiger partial charge in [-0.1, -0.05) is 19.9 Å². The minimum Gasteiger partial charge on any atom is -0.354 e. The SMILES string of the molecule is CC(C)CNC(=O)CN1C(=O)S/C(=C\c2cccs2)C1=O. The Morgan fingerprint density at radius 2 is 2.19 bits per heavy atom. The van der Waals surface area contributed by atoms with Crippen molar-refractivity contribution in [1.82, 2.24) is 10.2 Å². The van der Waals surface area contributed by atoms with Gasteiger partial charge in [0.25, 0.3) is 11.1 Å². The Morgan fingerprint density at radius 1 is 1.43 bits per heavy atom. The van der Waals surface area contributed by atoms with Crippen LogP contribution in [0.5, 0.6) is 0 Å². The molecule has 21 heavy (non-hydrogen) atoms. The molecule has 5 nitrogen and oxygen atoms in total. The third-order valence-electron chi connectivity index (χ3n) is 2.70. The number of carbonyl (C=O) groups is 3. The number of nitrogens with zero attached hydrogens (tertiary/aromatic N) is 1. The number of thiophene rings is 1. The van der Waals surface area contributed by atoms with E-state index in [1.165, 1.54) is 11.3 Å². The maximum absolute atomic E-state index is 12.2. The maximum atomic E-state index is 12.2. The van der Waals surface area contributed by atoms with Crippen LogP contribution in [0.1, 0.15) is 18.7 Å². The molecule has 112 valence electrons. The van der Waals surface area contributed by atoms with Crippen molar-refractivity contribution in [2.75, 3.05) is 13.1 Å². The zero-order chi connectivity index (χ0) is 15.4. The van der Waals surface area contributed by atoms with Gasteiger partial charge in [0.2, 0.25) is 5.91 Å². The van der Waals surface area contributed by atoms with Gasteiger partial charge in [0.05, 0.1) is 4.91 Å². The van der Waals surface area contributed by atoms with Crippen molar-refractivity contribution < 1.29 is 14.4 Å². The molecule has 1 saturated heterocycles. The Labute approximate surface area is 131 Å². The van der Waals surface area contributed by atoms with Crippen LogP contribution in [0.25, 0.3) is 6.08 Å². The predicted molar refractivity (Wildman–Crippen MR) is 84.8 cm³/mol. The first-order valence-corrected chi connectivity index (χ1v) is 8.22. The zero-order valence-electron chi connectivity index (χ0n) is 11.8. The van der Waals surface area contributed by atoms with Gasteiger partial charge in [0.1, 0.15) is 6.54 Å². The summed E-state index contributed by atoms with van der Waals surface area (Å²) >= 11 is 2.36. The normalized spacial score (nSPS) is 17.1. The quantitative estimate of drug-likeness (QED) is 0.845. The lowest BCUT2D eigenvalue weighted by molar-refractivity contribution is -0.129. The predicted octanol–water partition coefficient (Wildman–Crippen LogP) is 2.56. The number of hydrogen-bond acceptors (Lipinski definition) is 5. The molecule has 0 radical (unpaired) electrons. The standard InChI is InChI=1S/C14H16N2O3S2/c1-9(2)7-15-12(17)8-16-13(18)11(21-14(16)19)6-10-4-3-5-20-10/h3-6,9H,7-8H2,1-2H3,(H,15,17)/b11-6-. The summed E-state index contributed by atoms with van der Waals surface area (Å²) in [4.78, 5) is 38.0. The number of thioether (sulfide) groups is 1. The van der Waals surface area contributed by atoms with Crippen molar-refractivity contribution in [3.05, 3.63) is 27.3 Å². The van der Waals surface area contributed by atoms with E-state index < -0.39 is 11.1 Å². The fraction of sp³-hybridized carbons (Fsp3) is 0.357. The minimum absolute atomic E-state index is 0.223. The van der Waals surface area contributed by atoms with Gasteiger partial charge in [0, 0.05) is 11.4 Å². The molecule has 1 aromatic rings. The van der Waals surface area contributed by atoms with Crippen molar-refractivity contribution in [2.45, 2.75) is 13.8 Å². The Kier molecular flexibility index (Phi) is 5.19. The van der Waals surface area contributed by atoms with Crippen LogP contribution >= 0.6 is 23.1 Å². The highest BCUT2D eigenvalue weighted by molar-refractivity contribution is 8.18. The lowest BCUT2D eigenvalue weighted by Gasteiger charge is -2.13. The molecule has 2 heterocycles. The number of amides is 3. The van der Waals surface area contributed by atoms with Crippen LogP contribution in [-0.4, -0.2) is 35.0 Å². The molecule has 0 saturated carbocycles. The average Bonchev–Trinajstić information content (AvgIpc) is 3.01. The molecule has 3 amide bonds. The third kappa shape index (κ3) is 4.18. The second-order valence-electron chi connectivity index (χ2n) is 4.98. The van der Waals surface area contributed by atoms with Crippen LogP contribution in [0.4, 0.5) is 4.79 Å². The summed E-state index contributed by atoms with van der Waals surface area (Å²) in [5.41, 5.74) is 0. The molecule has 0 bridgehead atoms. The molecular weight excluding hydrogens is 308 g/mol. The number of hydrogen-bond donors (Lipinski definition) is 1. The van der Waals surface area contributed by atoms with Crippen LogP contribution in [0.2, 0.25) is 0 Å². The van der Waals surface area contributed by atoms with Gasteiger partial charge in [0.15, 0.2) is 0 Å². The Bertz CT molecular complexity index is 579. The summed E-state index contributed by atoms with van der Waals surface area (Å²) in [6.45, 7) is 4.26. The van der Waals surface area contributed by atoms with E-state index in [-0.39, 0.29) is 12.5 Å². The average molecular weight is 324 g/mol. The lowest BCUT2D eigenvalue weighted by Crippen LogP contribution is -2.40. The topological polar surface area (TPSA) is 66.5 Å². The van der Waals surface area contributed by atoms with Crippen LogP contribution < -0.4 is 5.32 Å². The Morgan fingerprint density at radius 3 is 2.81 bits per heavy atom. The molecule has 0 aromatic carbocycles. The van der Waals surface area contributed by atoms with Gasteiger partial charge in [-0.05, 0) is 35.2 Å². The van der Waals surface area contributed by atoms with E-state index in [1.807, 2.05) is 31.4 Å². The van der Waals surface area contributed by atoms with Crippen LogP contribution in [-0.2, 0) is 9.59 Å². The smallest absolute Gasteiger partial charge is 0.294 e. The van der Waals surface area contributed by atoms with Crippen molar-refractivity contribution in [3.63, 3.8) is 0 Å². The van der Waals surface area contributed by atoms with E-state index in [0.717, 1.165) is 21.5 Å². The van der Waals surface area contributed by atoms with E-state index in [2.05, 4.69) is 5.32 Å². The Hall–Kier alpha value is -1.60. The molecule has 0 unspecified atom stereocenters. The van der Waals surface area contributed by atoms with Crippen molar-refractivity contribution in [2.24, 2.45) is 5.92 Å². The second-order valence-corrected chi connectivity index (χ2v) is 6.95. The van der Waals surface area contributed by atoms with Crippen molar-refractivity contribution >= 4 is 46.2 Å². The molecular formula is C14H16N2O3S2. The fourth-order valence-corrected chi connectivity index (χ4v) is 3.22. The molecule has 1 aromatic heterocycles. The van der Waals surface area contributed by atoms with Gasteiger partial charge in [-0.3, -0.25) is 19.3 Å². The summed E-state index contributed by atoms with van der Waals surface area (Å²) in [6, 6.07) is 3.74. The van der Waals surface area contributed by atoms with E-state index in [4.69, 9.17) is 0 Å². The summed E-state index contributed by atoms with van der Waals surface area (Å²) in [7, 11) is 0. The van der Waals surface area contributed by atoms with Gasteiger partial charge < -0.3 is 5.32 Å². The molecule has 1 aliphatic heterocycles. The Balaban J connectivity index is 2.00. The fourth-order valence-electron chi connectivity index (χ4n) is 1.66. The molecule has 0 atom stereocenters. The highest BCUT2D eigenvalue weighted by Crippen LogP contribution is 2.32. The van der Waals surface area contributed by atoms with Crippen LogP contribution in [0.3, 0.4) is 0 Å². The van der Waals surface area contributed by atoms with E-state index in [0.29, 0.717) is 17.4 Å². The monoisotopic (exact) mass is 324 g/mol. The zero-order valence-corrected chi connectivity index (χ0v) is 13.4. The maximum Gasteiger partial charge on any atom is 0.294 e. The molecule has 2 rings (SSSR count). The molecule has 0 aliphatic carbocycles. The van der Waals surface area contributed by atoms with Crippen LogP contribution in [0, 0.1) is 5.92 Å². The van der Waals surface area contributed by atoms with Gasteiger partial charge in [-0.15, -0.1) is 11.3 Å². The van der Waals surface area contributed by atoms with Crippen LogP contribution in [0.15, 0.2) is 22.4 Å². The summed E-state index contributed by atoms with van der Waals surface area (Å²) in [5, 5.41) is 4.20. The first-order valence-electron chi connectivity index (χ1n) is 6.53. The summed E-state index contributed by atoms with van der Waals surface area (Å²) < 4.78 is 0. The number of rotatable bonds is 5. The minimum atomic E-state index is -0.405. The van der Waals surface area contributed by atoms with Gasteiger partial charge >= 0.3 is 0 Å². The number of imide groups is 1. The molecule has 7 heteroatoms. The first kappa shape index (κ1) is 15.8. The highest BCUT2D eigenvalue weighted by Gasteiger charge is 2.36. The number of nitrogens with one attached hydrogen (secondary N) is 1. The molecule has 0 spiro atoms. The van der Waals surface area contributed by atoms with Gasteiger partial charge in [-0.2, -0.15) is 0 Å². The summed E-state index contributed by atoms with van der Waals surface area (Å²) in [5.74, 6) is -0.399.